The van der Waals surface area contributed by atoms with Gasteiger partial charge in [0.2, 0.25) is 0 Å². The van der Waals surface area contributed by atoms with Gasteiger partial charge >= 0.3 is 0 Å². The van der Waals surface area contributed by atoms with Gasteiger partial charge in [-0.2, -0.15) is 5.10 Å². The molecule has 1 aromatic carbocycles. The summed E-state index contributed by atoms with van der Waals surface area (Å²) >= 11 is 5.98. The maximum absolute atomic E-state index is 13.5. The molecule has 2 aromatic rings. The van der Waals surface area contributed by atoms with Crippen LogP contribution < -0.4 is 0 Å². The van der Waals surface area contributed by atoms with Crippen LogP contribution in [-0.4, -0.2) is 20.5 Å². The zero-order valence-corrected chi connectivity index (χ0v) is 16.8. The third-order valence-corrected chi connectivity index (χ3v) is 4.88. The second-order valence-corrected chi connectivity index (χ2v) is 8.52. The van der Waals surface area contributed by atoms with E-state index in [2.05, 4.69) is 23.6 Å². The second kappa shape index (κ2) is 8.17. The molecule has 0 N–H and O–H groups in total. The van der Waals surface area contributed by atoms with Crippen molar-refractivity contribution in [3.8, 4) is 0 Å². The van der Waals surface area contributed by atoms with Gasteiger partial charge in [0.05, 0.1) is 0 Å². The van der Waals surface area contributed by atoms with Crippen LogP contribution in [0.1, 0.15) is 46.1 Å². The van der Waals surface area contributed by atoms with Gasteiger partial charge in [0.15, 0.2) is 5.78 Å². The van der Waals surface area contributed by atoms with Crippen LogP contribution in [0, 0.1) is 11.3 Å². The number of hydrogen-bond donors (Lipinski definition) is 0. The molecule has 26 heavy (non-hydrogen) atoms. The van der Waals surface area contributed by atoms with Crippen LogP contribution >= 0.6 is 11.6 Å². The average molecular weight is 374 g/mol. The predicted octanol–water partition coefficient (Wildman–Crippen LogP) is 5.09. The molecule has 5 heteroatoms. The number of nitrogens with zero attached hydrogens (tertiary/aromatic N) is 3. The molecule has 4 nitrogen and oxygen atoms in total. The number of carbonyl (C=O) groups excluding carboxylic acids is 1. The molecule has 0 saturated heterocycles. The zero-order chi connectivity index (χ0) is 19.4. The fourth-order valence-corrected chi connectivity index (χ4v) is 3.72. The van der Waals surface area contributed by atoms with Crippen LogP contribution in [0.3, 0.4) is 0 Å². The van der Waals surface area contributed by atoms with Crippen LogP contribution in [0.5, 0.6) is 0 Å². The van der Waals surface area contributed by atoms with E-state index in [0.717, 1.165) is 11.4 Å². The first kappa shape index (κ1) is 20.4. The largest absolute Gasteiger partial charge is 0.296 e. The summed E-state index contributed by atoms with van der Waals surface area (Å²) in [4.78, 5) is 17.5. The topological polar surface area (TPSA) is 47.8 Å². The Labute approximate surface area is 161 Å². The van der Waals surface area contributed by atoms with Crippen molar-refractivity contribution in [2.45, 2.75) is 52.5 Å². The van der Waals surface area contributed by atoms with E-state index < -0.39 is 11.0 Å². The lowest BCUT2D eigenvalue weighted by atomic mass is 9.71. The van der Waals surface area contributed by atoms with Crippen molar-refractivity contribution in [2.24, 2.45) is 11.3 Å². The van der Waals surface area contributed by atoms with Crippen LogP contribution in [0.25, 0.3) is 0 Å². The van der Waals surface area contributed by atoms with Gasteiger partial charge in [-0.1, -0.05) is 57.5 Å². The number of halogens is 1. The molecular weight excluding hydrogens is 346 g/mol. The van der Waals surface area contributed by atoms with Crippen molar-refractivity contribution >= 4 is 17.4 Å². The molecule has 0 aliphatic rings. The first-order valence-corrected chi connectivity index (χ1v) is 9.32. The molecule has 0 saturated carbocycles. The Kier molecular flexibility index (Phi) is 6.40. The Morgan fingerprint density at radius 2 is 1.96 bits per heavy atom. The highest BCUT2D eigenvalue weighted by Gasteiger charge is 2.45. The Hall–Kier alpha value is -1.94. The first-order valence-electron chi connectivity index (χ1n) is 8.94. The number of Topliss-reactive ketones (excluding diaryl/α,β-unsaturated/α-hetero) is 1. The van der Waals surface area contributed by atoms with E-state index >= 15 is 0 Å². The summed E-state index contributed by atoms with van der Waals surface area (Å²) in [6, 6.07) is 7.88. The number of allylic oxidation sites excluding steroid dienone is 1. The monoisotopic (exact) mass is 373 g/mol. The first-order chi connectivity index (χ1) is 12.2. The van der Waals surface area contributed by atoms with Gasteiger partial charge in [-0.05, 0) is 42.9 Å². The van der Waals surface area contributed by atoms with Crippen molar-refractivity contribution in [3.63, 3.8) is 0 Å². The smallest absolute Gasteiger partial charge is 0.166 e. The molecule has 0 fully saturated rings. The SMILES string of the molecule is C=CCC(CC(C)Cc1ccc(Cl)cc1)(C(=O)C(C)(C)C)n1cncn1. The number of carbonyl (C=O) groups is 1. The fraction of sp³-hybridized carbons (Fsp3) is 0.476. The number of aromatic nitrogens is 3. The van der Waals surface area contributed by atoms with Gasteiger partial charge in [-0.3, -0.25) is 4.79 Å². The summed E-state index contributed by atoms with van der Waals surface area (Å²) in [5.41, 5.74) is -0.0618. The van der Waals surface area contributed by atoms with Crippen molar-refractivity contribution < 1.29 is 4.79 Å². The summed E-state index contributed by atoms with van der Waals surface area (Å²) in [5.74, 6) is 0.421. The highest BCUT2D eigenvalue weighted by molar-refractivity contribution is 6.30. The molecule has 2 unspecified atom stereocenters. The molecule has 140 valence electrons. The Morgan fingerprint density at radius 3 is 2.46 bits per heavy atom. The van der Waals surface area contributed by atoms with E-state index in [1.54, 1.807) is 17.1 Å². The normalized spacial score (nSPS) is 15.3. The lowest BCUT2D eigenvalue weighted by Crippen LogP contribution is -2.49. The van der Waals surface area contributed by atoms with Gasteiger partial charge in [0.25, 0.3) is 0 Å². The van der Waals surface area contributed by atoms with E-state index in [9.17, 15) is 4.79 Å². The molecule has 0 bridgehead atoms. The van der Waals surface area contributed by atoms with Crippen molar-refractivity contribution in [1.29, 1.82) is 0 Å². The highest BCUT2D eigenvalue weighted by Crippen LogP contribution is 2.37. The van der Waals surface area contributed by atoms with Gasteiger partial charge in [-0.15, -0.1) is 6.58 Å². The van der Waals surface area contributed by atoms with Gasteiger partial charge < -0.3 is 0 Å². The van der Waals surface area contributed by atoms with E-state index in [-0.39, 0.29) is 11.7 Å². The molecule has 0 amide bonds. The number of hydrogen-bond acceptors (Lipinski definition) is 3. The molecule has 2 rings (SSSR count). The summed E-state index contributed by atoms with van der Waals surface area (Å²) < 4.78 is 1.72. The van der Waals surface area contributed by atoms with Gasteiger partial charge in [0, 0.05) is 10.4 Å². The average Bonchev–Trinajstić information content (AvgIpc) is 3.10. The maximum atomic E-state index is 13.5. The molecule has 0 aliphatic heterocycles. The highest BCUT2D eigenvalue weighted by atomic mass is 35.5. The fourth-order valence-electron chi connectivity index (χ4n) is 3.60. The minimum atomic E-state index is -0.775. The molecule has 0 aliphatic carbocycles. The summed E-state index contributed by atoms with van der Waals surface area (Å²) in [7, 11) is 0. The Morgan fingerprint density at radius 1 is 1.31 bits per heavy atom. The molecule has 0 spiro atoms. The predicted molar refractivity (Wildman–Crippen MR) is 106 cm³/mol. The molecule has 1 heterocycles. The van der Waals surface area contributed by atoms with E-state index in [1.165, 1.54) is 11.9 Å². The van der Waals surface area contributed by atoms with Crippen LogP contribution in [0.2, 0.25) is 5.02 Å². The van der Waals surface area contributed by atoms with Crippen molar-refractivity contribution in [2.75, 3.05) is 0 Å². The molecule has 1 aromatic heterocycles. The van der Waals surface area contributed by atoms with Gasteiger partial charge in [-0.25, -0.2) is 9.67 Å². The van der Waals surface area contributed by atoms with E-state index in [4.69, 9.17) is 11.6 Å². The summed E-state index contributed by atoms with van der Waals surface area (Å²) in [6.45, 7) is 11.9. The summed E-state index contributed by atoms with van der Waals surface area (Å²) in [6.07, 6.45) is 6.99. The third-order valence-electron chi connectivity index (χ3n) is 4.63. The van der Waals surface area contributed by atoms with Crippen molar-refractivity contribution in [3.05, 3.63) is 60.2 Å². The second-order valence-electron chi connectivity index (χ2n) is 8.08. The Balaban J connectivity index is 2.35. The molecule has 2 atom stereocenters. The maximum Gasteiger partial charge on any atom is 0.166 e. The molecule has 0 radical (unpaired) electrons. The quantitative estimate of drug-likeness (QED) is 0.605. The minimum Gasteiger partial charge on any atom is -0.296 e. The lowest BCUT2D eigenvalue weighted by Gasteiger charge is -2.38. The number of rotatable bonds is 8. The number of ketones is 1. The van der Waals surface area contributed by atoms with Crippen LogP contribution in [0.4, 0.5) is 0 Å². The minimum absolute atomic E-state index is 0.151. The van der Waals surface area contributed by atoms with Gasteiger partial charge in [0.1, 0.15) is 18.2 Å². The third kappa shape index (κ3) is 4.61. The summed E-state index contributed by atoms with van der Waals surface area (Å²) in [5, 5.41) is 5.06. The standard InChI is InChI=1S/C21H28ClN3O/c1-6-11-21(19(26)20(3,4)5,25-15-23-14-24-25)13-16(2)12-17-7-9-18(22)10-8-17/h6-10,14-16H,1,11-13H2,2-5H3. The molecular formula is C21H28ClN3O. The van der Waals surface area contributed by atoms with Crippen LogP contribution in [-0.2, 0) is 16.8 Å². The van der Waals surface area contributed by atoms with E-state index in [0.29, 0.717) is 12.8 Å². The van der Waals surface area contributed by atoms with E-state index in [1.807, 2.05) is 45.0 Å². The zero-order valence-electron chi connectivity index (χ0n) is 16.1. The Bertz CT molecular complexity index is 732. The van der Waals surface area contributed by atoms with Crippen molar-refractivity contribution in [1.82, 2.24) is 14.8 Å². The number of benzene rings is 1. The lowest BCUT2D eigenvalue weighted by molar-refractivity contribution is -0.137. The van der Waals surface area contributed by atoms with Crippen LogP contribution in [0.15, 0.2) is 49.6 Å².